The van der Waals surface area contributed by atoms with Crippen LogP contribution in [0.25, 0.3) is 0 Å². The molecule has 0 bridgehead atoms. The maximum Gasteiger partial charge on any atom is 0.147 e. The van der Waals surface area contributed by atoms with E-state index in [0.29, 0.717) is 11.1 Å². The lowest BCUT2D eigenvalue weighted by molar-refractivity contribution is -0.121. The Morgan fingerprint density at radius 1 is 0.800 bits per heavy atom. The summed E-state index contributed by atoms with van der Waals surface area (Å²) in [4.78, 5) is 12.4. The molecule has 2 aromatic carbocycles. The largest absolute Gasteiger partial charge is 0.298 e. The Hall–Kier alpha value is -2.03. The Morgan fingerprint density at radius 2 is 1.15 bits per heavy atom. The van der Waals surface area contributed by atoms with Gasteiger partial charge in [0.2, 0.25) is 0 Å². The Morgan fingerprint density at radius 3 is 1.50 bits per heavy atom. The first-order chi connectivity index (χ1) is 9.52. The topological polar surface area (TPSA) is 17.1 Å². The van der Waals surface area contributed by atoms with Crippen LogP contribution in [0.2, 0.25) is 0 Å². The summed E-state index contributed by atoms with van der Waals surface area (Å²) in [5, 5.41) is 0. The van der Waals surface area contributed by atoms with Crippen LogP contribution >= 0.6 is 0 Å². The lowest BCUT2D eigenvalue weighted by Gasteiger charge is -2.18. The van der Waals surface area contributed by atoms with Crippen LogP contribution in [0.15, 0.2) is 48.5 Å². The fraction of sp³-hybridized carbons (Fsp3) is 0.235. The number of carbonyl (C=O) groups excluding carboxylic acids is 1. The van der Waals surface area contributed by atoms with Gasteiger partial charge in [0.15, 0.2) is 0 Å². The molecule has 0 aliphatic heterocycles. The predicted molar refractivity (Wildman–Crippen MR) is 74.6 cm³/mol. The van der Waals surface area contributed by atoms with Crippen molar-refractivity contribution in [1.29, 1.82) is 0 Å². The molecular formula is C17H16F2O. The third kappa shape index (κ3) is 2.77. The number of Topliss-reactive ketones (excluding diaryl/α,β-unsaturated/α-hetero) is 1. The molecule has 0 aliphatic carbocycles. The predicted octanol–water partition coefficient (Wildman–Crippen LogP) is 4.44. The van der Waals surface area contributed by atoms with Crippen LogP contribution in [0.4, 0.5) is 8.78 Å². The van der Waals surface area contributed by atoms with Crippen molar-refractivity contribution >= 4 is 5.78 Å². The number of hydrogen-bond acceptors (Lipinski definition) is 1. The Balaban J connectivity index is 2.28. The van der Waals surface area contributed by atoms with Gasteiger partial charge in [-0.2, -0.15) is 0 Å². The van der Waals surface area contributed by atoms with Crippen molar-refractivity contribution in [1.82, 2.24) is 0 Å². The van der Waals surface area contributed by atoms with Crippen LogP contribution in [-0.2, 0) is 4.79 Å². The normalized spacial score (nSPS) is 13.8. The van der Waals surface area contributed by atoms with Crippen molar-refractivity contribution in [2.75, 3.05) is 0 Å². The van der Waals surface area contributed by atoms with Gasteiger partial charge in [0.25, 0.3) is 0 Å². The summed E-state index contributed by atoms with van der Waals surface area (Å²) in [7, 11) is 0. The average molecular weight is 274 g/mol. The highest BCUT2D eigenvalue weighted by Gasteiger charge is 2.26. The fourth-order valence-corrected chi connectivity index (χ4v) is 2.33. The molecule has 104 valence electrons. The van der Waals surface area contributed by atoms with Gasteiger partial charge in [0.1, 0.15) is 17.4 Å². The summed E-state index contributed by atoms with van der Waals surface area (Å²) in [5.74, 6) is -2.22. The molecule has 0 aromatic heterocycles. The first-order valence-electron chi connectivity index (χ1n) is 6.55. The number of halogens is 2. The highest BCUT2D eigenvalue weighted by molar-refractivity contribution is 5.91. The standard InChI is InChI=1S/C17H16F2O/c1-11(13-7-3-5-9-15(13)18)17(20)12(2)14-8-4-6-10-16(14)19/h3-12H,1-2H3. The fourth-order valence-electron chi connectivity index (χ4n) is 2.33. The summed E-state index contributed by atoms with van der Waals surface area (Å²) in [6.07, 6.45) is 0. The van der Waals surface area contributed by atoms with E-state index in [4.69, 9.17) is 0 Å². The molecule has 2 unspecified atom stereocenters. The second-order valence-corrected chi connectivity index (χ2v) is 4.89. The van der Waals surface area contributed by atoms with Crippen LogP contribution in [0, 0.1) is 11.6 Å². The number of ketones is 1. The molecule has 20 heavy (non-hydrogen) atoms. The van der Waals surface area contributed by atoms with E-state index >= 15 is 0 Å². The van der Waals surface area contributed by atoms with E-state index in [1.165, 1.54) is 12.1 Å². The number of hydrogen-bond donors (Lipinski definition) is 0. The van der Waals surface area contributed by atoms with Crippen LogP contribution in [0.1, 0.15) is 36.8 Å². The minimum atomic E-state index is -0.606. The highest BCUT2D eigenvalue weighted by atomic mass is 19.1. The van der Waals surface area contributed by atoms with Crippen molar-refractivity contribution in [3.05, 3.63) is 71.3 Å². The molecular weight excluding hydrogens is 258 g/mol. The van der Waals surface area contributed by atoms with Crippen LogP contribution in [-0.4, -0.2) is 5.78 Å². The lowest BCUT2D eigenvalue weighted by Crippen LogP contribution is -2.18. The molecule has 0 saturated carbocycles. The molecule has 2 aromatic rings. The zero-order valence-electron chi connectivity index (χ0n) is 11.4. The van der Waals surface area contributed by atoms with Gasteiger partial charge in [-0.3, -0.25) is 4.79 Å². The van der Waals surface area contributed by atoms with E-state index in [0.717, 1.165) is 0 Å². The summed E-state index contributed by atoms with van der Waals surface area (Å²) >= 11 is 0. The maximum absolute atomic E-state index is 13.7. The van der Waals surface area contributed by atoms with Crippen LogP contribution in [0.3, 0.4) is 0 Å². The highest BCUT2D eigenvalue weighted by Crippen LogP contribution is 2.28. The third-order valence-corrected chi connectivity index (χ3v) is 3.60. The summed E-state index contributed by atoms with van der Waals surface area (Å²) in [6, 6.07) is 12.4. The maximum atomic E-state index is 13.7. The van der Waals surface area contributed by atoms with Crippen LogP contribution < -0.4 is 0 Å². The minimum Gasteiger partial charge on any atom is -0.298 e. The first-order valence-corrected chi connectivity index (χ1v) is 6.55. The Bertz CT molecular complexity index is 568. The summed E-state index contributed by atoms with van der Waals surface area (Å²) in [6.45, 7) is 3.30. The van der Waals surface area contributed by atoms with E-state index in [2.05, 4.69) is 0 Å². The number of benzene rings is 2. The zero-order chi connectivity index (χ0) is 14.7. The van der Waals surface area contributed by atoms with Gasteiger partial charge in [0.05, 0.1) is 0 Å². The van der Waals surface area contributed by atoms with E-state index in [-0.39, 0.29) is 5.78 Å². The summed E-state index contributed by atoms with van der Waals surface area (Å²) < 4.78 is 27.4. The quantitative estimate of drug-likeness (QED) is 0.805. The molecule has 0 N–H and O–H groups in total. The lowest BCUT2D eigenvalue weighted by atomic mass is 9.85. The molecule has 0 fully saturated rings. The Labute approximate surface area is 117 Å². The molecule has 0 aliphatic rings. The van der Waals surface area contributed by atoms with Gasteiger partial charge in [-0.1, -0.05) is 50.2 Å². The van der Waals surface area contributed by atoms with Crippen LogP contribution in [0.5, 0.6) is 0 Å². The molecule has 0 radical (unpaired) electrons. The van der Waals surface area contributed by atoms with Gasteiger partial charge in [-0.05, 0) is 23.3 Å². The van der Waals surface area contributed by atoms with E-state index in [1.807, 2.05) is 0 Å². The number of rotatable bonds is 4. The second-order valence-electron chi connectivity index (χ2n) is 4.89. The van der Waals surface area contributed by atoms with Crippen molar-refractivity contribution < 1.29 is 13.6 Å². The van der Waals surface area contributed by atoms with Gasteiger partial charge < -0.3 is 0 Å². The van der Waals surface area contributed by atoms with Crippen molar-refractivity contribution in [3.8, 4) is 0 Å². The Kier molecular flexibility index (Phi) is 4.28. The first kappa shape index (κ1) is 14.4. The van der Waals surface area contributed by atoms with Crippen molar-refractivity contribution in [2.24, 2.45) is 0 Å². The molecule has 0 saturated heterocycles. The molecule has 0 amide bonds. The smallest absolute Gasteiger partial charge is 0.147 e. The van der Waals surface area contributed by atoms with Crippen molar-refractivity contribution in [2.45, 2.75) is 25.7 Å². The molecule has 2 rings (SSSR count). The van der Waals surface area contributed by atoms with Gasteiger partial charge >= 0.3 is 0 Å². The molecule has 1 nitrogen and oxygen atoms in total. The van der Waals surface area contributed by atoms with E-state index in [1.54, 1.807) is 50.2 Å². The molecule has 0 heterocycles. The molecule has 0 spiro atoms. The average Bonchev–Trinajstić information content (AvgIpc) is 2.46. The third-order valence-electron chi connectivity index (χ3n) is 3.60. The zero-order valence-corrected chi connectivity index (χ0v) is 11.4. The van der Waals surface area contributed by atoms with Gasteiger partial charge in [0, 0.05) is 11.8 Å². The molecule has 3 heteroatoms. The summed E-state index contributed by atoms with van der Waals surface area (Å²) in [5.41, 5.74) is 0.696. The molecule has 2 atom stereocenters. The van der Waals surface area contributed by atoms with Gasteiger partial charge in [-0.15, -0.1) is 0 Å². The number of carbonyl (C=O) groups is 1. The second kappa shape index (κ2) is 5.95. The minimum absolute atomic E-state index is 0.194. The van der Waals surface area contributed by atoms with E-state index in [9.17, 15) is 13.6 Å². The monoisotopic (exact) mass is 274 g/mol. The SMILES string of the molecule is CC(C(=O)C(C)c1ccccc1F)c1ccccc1F. The van der Waals surface area contributed by atoms with E-state index < -0.39 is 23.5 Å². The van der Waals surface area contributed by atoms with Crippen molar-refractivity contribution in [3.63, 3.8) is 0 Å². The van der Waals surface area contributed by atoms with Gasteiger partial charge in [-0.25, -0.2) is 8.78 Å².